The summed E-state index contributed by atoms with van der Waals surface area (Å²) in [5.74, 6) is 1.46. The molecule has 0 saturated carbocycles. The first-order chi connectivity index (χ1) is 8.43. The van der Waals surface area contributed by atoms with Crippen LogP contribution in [0.1, 0.15) is 32.5 Å². The minimum absolute atomic E-state index is 0.156. The van der Waals surface area contributed by atoms with Gasteiger partial charge in [0.2, 0.25) is 5.89 Å². The molecule has 0 bridgehead atoms. The van der Waals surface area contributed by atoms with Gasteiger partial charge < -0.3 is 20.3 Å². The number of nitrogens with two attached hydrogens (primary N) is 1. The van der Waals surface area contributed by atoms with E-state index in [9.17, 15) is 0 Å². The van der Waals surface area contributed by atoms with E-state index < -0.39 is 0 Å². The Bertz CT molecular complexity index is 394. The molecule has 1 heterocycles. The fourth-order valence-corrected chi connectivity index (χ4v) is 1.12. The molecule has 0 atom stereocenters. The number of hydrogen-bond acceptors (Lipinski definition) is 5. The molecule has 1 aromatic rings. The lowest BCUT2D eigenvalue weighted by Gasteiger charge is -2.10. The fourth-order valence-electron chi connectivity index (χ4n) is 1.12. The van der Waals surface area contributed by atoms with Crippen molar-refractivity contribution in [2.75, 3.05) is 20.3 Å². The van der Waals surface area contributed by atoms with E-state index in [1.165, 1.54) is 0 Å². The Morgan fingerprint density at radius 1 is 1.50 bits per heavy atom. The Hall–Kier alpha value is -1.63. The van der Waals surface area contributed by atoms with Crippen molar-refractivity contribution in [2.24, 2.45) is 10.7 Å². The van der Waals surface area contributed by atoms with E-state index in [1.54, 1.807) is 7.11 Å². The Morgan fingerprint density at radius 2 is 2.22 bits per heavy atom. The highest BCUT2D eigenvalue weighted by Gasteiger charge is 2.21. The zero-order valence-electron chi connectivity index (χ0n) is 11.4. The number of hydrogen-bond donors (Lipinski definition) is 2. The van der Waals surface area contributed by atoms with Gasteiger partial charge in [0.1, 0.15) is 6.54 Å². The van der Waals surface area contributed by atoms with Gasteiger partial charge in [-0.1, -0.05) is 25.9 Å². The molecule has 3 N–H and O–H groups in total. The summed E-state index contributed by atoms with van der Waals surface area (Å²) in [6.07, 6.45) is 0. The number of nitrogens with zero attached hydrogens (tertiary/aromatic N) is 3. The Labute approximate surface area is 107 Å². The molecule has 0 fully saturated rings. The van der Waals surface area contributed by atoms with Gasteiger partial charge in [0.25, 0.3) is 0 Å². The van der Waals surface area contributed by atoms with Gasteiger partial charge in [0.05, 0.1) is 6.61 Å². The highest BCUT2D eigenvalue weighted by atomic mass is 16.5. The van der Waals surface area contributed by atoms with Crippen LogP contribution in [0.2, 0.25) is 0 Å². The van der Waals surface area contributed by atoms with Crippen molar-refractivity contribution in [1.82, 2.24) is 15.5 Å². The van der Waals surface area contributed by atoms with Crippen molar-refractivity contribution in [1.29, 1.82) is 0 Å². The van der Waals surface area contributed by atoms with E-state index in [1.807, 2.05) is 20.8 Å². The molecule has 0 radical (unpaired) electrons. The highest BCUT2D eigenvalue weighted by molar-refractivity contribution is 5.77. The van der Waals surface area contributed by atoms with Crippen LogP contribution in [0.3, 0.4) is 0 Å². The number of rotatable bonds is 5. The van der Waals surface area contributed by atoms with Gasteiger partial charge in [-0.05, 0) is 0 Å². The molecule has 0 aliphatic rings. The van der Waals surface area contributed by atoms with Crippen molar-refractivity contribution in [3.05, 3.63) is 11.7 Å². The number of aromatic nitrogens is 2. The van der Waals surface area contributed by atoms with Gasteiger partial charge in [-0.25, -0.2) is 4.99 Å². The largest absolute Gasteiger partial charge is 0.383 e. The second-order valence-electron chi connectivity index (χ2n) is 4.89. The molecule has 1 aromatic heterocycles. The monoisotopic (exact) mass is 255 g/mol. The third kappa shape index (κ3) is 4.70. The summed E-state index contributed by atoms with van der Waals surface area (Å²) < 4.78 is 10.0. The van der Waals surface area contributed by atoms with Gasteiger partial charge in [-0.15, -0.1) is 0 Å². The van der Waals surface area contributed by atoms with Crippen LogP contribution in [-0.4, -0.2) is 36.4 Å². The quantitative estimate of drug-likeness (QED) is 0.449. The average Bonchev–Trinajstić information content (AvgIpc) is 2.75. The molecule has 0 aromatic carbocycles. The van der Waals surface area contributed by atoms with Crippen LogP contribution in [0.5, 0.6) is 0 Å². The maximum atomic E-state index is 5.65. The van der Waals surface area contributed by atoms with Crippen LogP contribution in [0.25, 0.3) is 0 Å². The second kappa shape index (κ2) is 6.34. The maximum absolute atomic E-state index is 5.65. The van der Waals surface area contributed by atoms with Crippen molar-refractivity contribution < 1.29 is 9.26 Å². The van der Waals surface area contributed by atoms with E-state index in [0.29, 0.717) is 37.4 Å². The topological polar surface area (TPSA) is 98.6 Å². The van der Waals surface area contributed by atoms with Crippen molar-refractivity contribution in [3.8, 4) is 0 Å². The Morgan fingerprint density at radius 3 is 2.78 bits per heavy atom. The summed E-state index contributed by atoms with van der Waals surface area (Å²) in [6.45, 7) is 7.51. The highest BCUT2D eigenvalue weighted by Crippen LogP contribution is 2.19. The molecule has 7 nitrogen and oxygen atoms in total. The van der Waals surface area contributed by atoms with Crippen LogP contribution in [0, 0.1) is 0 Å². The SMILES string of the molecule is COCCNC(N)=NCc1noc(C(C)(C)C)n1. The van der Waals surface area contributed by atoms with Crippen LogP contribution in [0.15, 0.2) is 9.52 Å². The van der Waals surface area contributed by atoms with E-state index in [4.69, 9.17) is 15.0 Å². The van der Waals surface area contributed by atoms with Gasteiger partial charge in [-0.3, -0.25) is 0 Å². The Balaban J connectivity index is 2.48. The van der Waals surface area contributed by atoms with E-state index >= 15 is 0 Å². The zero-order valence-corrected chi connectivity index (χ0v) is 11.4. The maximum Gasteiger partial charge on any atom is 0.232 e. The number of guanidine groups is 1. The molecule has 102 valence electrons. The standard InChI is InChI=1S/C11H21N5O2/c1-11(2,3)9-15-8(16-18-9)7-14-10(12)13-5-6-17-4/h5-7H2,1-4H3,(H3,12,13,14). The molecule has 0 spiro atoms. The number of nitrogens with one attached hydrogen (secondary N) is 1. The normalized spacial score (nSPS) is 12.8. The average molecular weight is 255 g/mol. The summed E-state index contributed by atoms with van der Waals surface area (Å²) >= 11 is 0. The minimum Gasteiger partial charge on any atom is -0.383 e. The lowest BCUT2D eigenvalue weighted by molar-refractivity contribution is 0.204. The van der Waals surface area contributed by atoms with Crippen LogP contribution in [0.4, 0.5) is 0 Å². The lowest BCUT2D eigenvalue weighted by Crippen LogP contribution is -2.34. The predicted octanol–water partition coefficient (Wildman–Crippen LogP) is 0.418. The molecule has 0 saturated heterocycles. The Kier molecular flexibility index (Phi) is 5.08. The molecule has 1 rings (SSSR count). The van der Waals surface area contributed by atoms with Gasteiger partial charge >= 0.3 is 0 Å². The lowest BCUT2D eigenvalue weighted by atomic mass is 9.97. The second-order valence-corrected chi connectivity index (χ2v) is 4.89. The summed E-state index contributed by atoms with van der Waals surface area (Å²) in [5.41, 5.74) is 5.50. The summed E-state index contributed by atoms with van der Waals surface area (Å²) in [7, 11) is 1.63. The molecular formula is C11H21N5O2. The van der Waals surface area contributed by atoms with E-state index in [2.05, 4.69) is 20.4 Å². The van der Waals surface area contributed by atoms with Crippen molar-refractivity contribution in [2.45, 2.75) is 32.7 Å². The molecule has 18 heavy (non-hydrogen) atoms. The predicted molar refractivity (Wildman–Crippen MR) is 68.2 cm³/mol. The van der Waals surface area contributed by atoms with Crippen molar-refractivity contribution >= 4 is 5.96 Å². The van der Waals surface area contributed by atoms with E-state index in [0.717, 1.165) is 0 Å². The van der Waals surface area contributed by atoms with Crippen LogP contribution < -0.4 is 11.1 Å². The number of methoxy groups -OCH3 is 1. The molecule has 0 unspecified atom stereocenters. The molecular weight excluding hydrogens is 234 g/mol. The molecule has 0 aliphatic heterocycles. The fraction of sp³-hybridized carbons (Fsp3) is 0.727. The first-order valence-electron chi connectivity index (χ1n) is 5.79. The van der Waals surface area contributed by atoms with Gasteiger partial charge in [0, 0.05) is 19.1 Å². The van der Waals surface area contributed by atoms with Crippen LogP contribution in [-0.2, 0) is 16.7 Å². The summed E-state index contributed by atoms with van der Waals surface area (Å²) in [4.78, 5) is 8.36. The number of ether oxygens (including phenoxy) is 1. The molecule has 0 aliphatic carbocycles. The van der Waals surface area contributed by atoms with Gasteiger partial charge in [-0.2, -0.15) is 4.98 Å². The summed E-state index contributed by atoms with van der Waals surface area (Å²) in [6, 6.07) is 0. The van der Waals surface area contributed by atoms with Gasteiger partial charge in [0.15, 0.2) is 11.8 Å². The molecule has 0 amide bonds. The van der Waals surface area contributed by atoms with E-state index in [-0.39, 0.29) is 5.41 Å². The minimum atomic E-state index is -0.156. The summed E-state index contributed by atoms with van der Waals surface area (Å²) in [5, 5.41) is 6.76. The third-order valence-corrected chi connectivity index (χ3v) is 2.11. The third-order valence-electron chi connectivity index (χ3n) is 2.11. The van der Waals surface area contributed by atoms with Crippen LogP contribution >= 0.6 is 0 Å². The number of aliphatic imine (C=N–C) groups is 1. The zero-order chi connectivity index (χ0) is 13.6. The first kappa shape index (κ1) is 14.4. The smallest absolute Gasteiger partial charge is 0.232 e. The first-order valence-corrected chi connectivity index (χ1v) is 5.79. The van der Waals surface area contributed by atoms with Crippen molar-refractivity contribution in [3.63, 3.8) is 0 Å². The molecule has 7 heteroatoms.